The van der Waals surface area contributed by atoms with Crippen molar-refractivity contribution in [3.63, 3.8) is 0 Å². The van der Waals surface area contributed by atoms with Gasteiger partial charge in [0.2, 0.25) is 10.0 Å². The van der Waals surface area contributed by atoms with E-state index in [-0.39, 0.29) is 4.90 Å². The zero-order chi connectivity index (χ0) is 13.9. The standard InChI is InChI=1S/C12H14N4O2S/c1-9-2-3-10(6-12(9)19(13,17)18)16-8-11-7-14-4-5-15-11/h2-7,16H,8H2,1H3,(H2,13,17,18). The summed E-state index contributed by atoms with van der Waals surface area (Å²) in [7, 11) is -3.71. The molecule has 0 aliphatic carbocycles. The third kappa shape index (κ3) is 3.49. The molecule has 0 atom stereocenters. The molecule has 1 aromatic heterocycles. The molecule has 0 aliphatic rings. The smallest absolute Gasteiger partial charge is 0.238 e. The molecule has 7 heteroatoms. The topological polar surface area (TPSA) is 98.0 Å². The van der Waals surface area contributed by atoms with Crippen LogP contribution in [0.1, 0.15) is 11.3 Å². The van der Waals surface area contributed by atoms with Gasteiger partial charge in [-0.2, -0.15) is 0 Å². The van der Waals surface area contributed by atoms with E-state index in [4.69, 9.17) is 5.14 Å². The number of hydrogen-bond acceptors (Lipinski definition) is 5. The molecule has 2 aromatic rings. The number of nitrogens with two attached hydrogens (primary N) is 1. The number of aromatic nitrogens is 2. The van der Waals surface area contributed by atoms with Crippen molar-refractivity contribution in [3.8, 4) is 0 Å². The second kappa shape index (κ2) is 5.33. The average molecular weight is 278 g/mol. The fraction of sp³-hybridized carbons (Fsp3) is 0.167. The quantitative estimate of drug-likeness (QED) is 0.871. The Kier molecular flexibility index (Phi) is 3.77. The molecule has 6 nitrogen and oxygen atoms in total. The summed E-state index contributed by atoms with van der Waals surface area (Å²) in [4.78, 5) is 8.19. The lowest BCUT2D eigenvalue weighted by Gasteiger charge is -2.09. The molecule has 1 heterocycles. The van der Waals surface area contributed by atoms with Crippen LogP contribution in [0, 0.1) is 6.92 Å². The Morgan fingerprint density at radius 3 is 2.74 bits per heavy atom. The Bertz CT molecular complexity index is 671. The normalized spacial score (nSPS) is 11.3. The first-order valence-corrected chi connectivity index (χ1v) is 7.13. The van der Waals surface area contributed by atoms with E-state index in [2.05, 4.69) is 15.3 Å². The highest BCUT2D eigenvalue weighted by atomic mass is 32.2. The first kappa shape index (κ1) is 13.4. The number of nitrogens with zero attached hydrogens (tertiary/aromatic N) is 2. The number of rotatable bonds is 4. The first-order chi connectivity index (χ1) is 8.97. The summed E-state index contributed by atoms with van der Waals surface area (Å²) >= 11 is 0. The van der Waals surface area contributed by atoms with Crippen molar-refractivity contribution in [3.05, 3.63) is 48.0 Å². The van der Waals surface area contributed by atoms with Crippen LogP contribution in [0.25, 0.3) is 0 Å². The average Bonchev–Trinajstić information content (AvgIpc) is 2.37. The number of benzene rings is 1. The molecule has 0 saturated carbocycles. The van der Waals surface area contributed by atoms with E-state index < -0.39 is 10.0 Å². The molecule has 1 aromatic carbocycles. The maximum absolute atomic E-state index is 11.4. The summed E-state index contributed by atoms with van der Waals surface area (Å²) < 4.78 is 22.8. The van der Waals surface area contributed by atoms with Gasteiger partial charge in [-0.3, -0.25) is 9.97 Å². The van der Waals surface area contributed by atoms with E-state index in [0.29, 0.717) is 17.8 Å². The van der Waals surface area contributed by atoms with Crippen molar-refractivity contribution in [2.45, 2.75) is 18.4 Å². The number of sulfonamides is 1. The Morgan fingerprint density at radius 2 is 2.11 bits per heavy atom. The number of primary sulfonamides is 1. The molecule has 0 spiro atoms. The molecule has 0 unspecified atom stereocenters. The second-order valence-electron chi connectivity index (χ2n) is 4.08. The highest BCUT2D eigenvalue weighted by Gasteiger charge is 2.11. The van der Waals surface area contributed by atoms with Crippen LogP contribution in [-0.2, 0) is 16.6 Å². The second-order valence-corrected chi connectivity index (χ2v) is 5.61. The van der Waals surface area contributed by atoms with Crippen LogP contribution in [0.15, 0.2) is 41.7 Å². The van der Waals surface area contributed by atoms with Gasteiger partial charge in [0.1, 0.15) is 0 Å². The molecular formula is C12H14N4O2S. The van der Waals surface area contributed by atoms with E-state index >= 15 is 0 Å². The van der Waals surface area contributed by atoms with E-state index in [1.807, 2.05) is 0 Å². The Balaban J connectivity index is 2.18. The van der Waals surface area contributed by atoms with Crippen molar-refractivity contribution in [1.29, 1.82) is 0 Å². The van der Waals surface area contributed by atoms with Gasteiger partial charge in [-0.25, -0.2) is 13.6 Å². The molecular weight excluding hydrogens is 264 g/mol. The van der Waals surface area contributed by atoms with Crippen LogP contribution in [0.4, 0.5) is 5.69 Å². The van der Waals surface area contributed by atoms with Gasteiger partial charge in [0.05, 0.1) is 23.3 Å². The number of hydrogen-bond donors (Lipinski definition) is 2. The van der Waals surface area contributed by atoms with Crippen molar-refractivity contribution in [2.75, 3.05) is 5.32 Å². The van der Waals surface area contributed by atoms with Gasteiger partial charge in [-0.05, 0) is 24.6 Å². The largest absolute Gasteiger partial charge is 0.379 e. The third-order valence-electron chi connectivity index (χ3n) is 2.58. The monoisotopic (exact) mass is 278 g/mol. The van der Waals surface area contributed by atoms with E-state index in [1.54, 1.807) is 37.6 Å². The SMILES string of the molecule is Cc1ccc(NCc2cnccn2)cc1S(N)(=O)=O. The maximum atomic E-state index is 11.4. The Labute approximate surface area is 111 Å². The molecule has 2 rings (SSSR count). The highest BCUT2D eigenvalue weighted by molar-refractivity contribution is 7.89. The lowest BCUT2D eigenvalue weighted by Crippen LogP contribution is -2.14. The van der Waals surface area contributed by atoms with Crippen molar-refractivity contribution >= 4 is 15.7 Å². The summed E-state index contributed by atoms with van der Waals surface area (Å²) in [6.07, 6.45) is 4.83. The summed E-state index contributed by atoms with van der Waals surface area (Å²) in [5.74, 6) is 0. The van der Waals surface area contributed by atoms with Gasteiger partial charge >= 0.3 is 0 Å². The minimum Gasteiger partial charge on any atom is -0.379 e. The predicted molar refractivity (Wildman–Crippen MR) is 71.9 cm³/mol. The zero-order valence-electron chi connectivity index (χ0n) is 10.4. The first-order valence-electron chi connectivity index (χ1n) is 5.59. The molecule has 0 radical (unpaired) electrons. The minimum absolute atomic E-state index is 0.122. The number of nitrogens with one attached hydrogen (secondary N) is 1. The van der Waals surface area contributed by atoms with Gasteiger partial charge in [-0.15, -0.1) is 0 Å². The fourth-order valence-electron chi connectivity index (χ4n) is 1.63. The van der Waals surface area contributed by atoms with Crippen molar-refractivity contribution in [2.24, 2.45) is 5.14 Å². The molecule has 19 heavy (non-hydrogen) atoms. The van der Waals surface area contributed by atoms with Gasteiger partial charge in [0.25, 0.3) is 0 Å². The van der Waals surface area contributed by atoms with Gasteiger partial charge < -0.3 is 5.32 Å². The number of anilines is 1. The Hall–Kier alpha value is -1.99. The lowest BCUT2D eigenvalue weighted by molar-refractivity contribution is 0.597. The zero-order valence-corrected chi connectivity index (χ0v) is 11.2. The lowest BCUT2D eigenvalue weighted by atomic mass is 10.2. The maximum Gasteiger partial charge on any atom is 0.238 e. The predicted octanol–water partition coefficient (Wildman–Crippen LogP) is 1.04. The highest BCUT2D eigenvalue weighted by Crippen LogP contribution is 2.19. The summed E-state index contributed by atoms with van der Waals surface area (Å²) in [5.41, 5.74) is 2.05. The summed E-state index contributed by atoms with van der Waals surface area (Å²) in [6, 6.07) is 5.01. The Morgan fingerprint density at radius 1 is 1.32 bits per heavy atom. The van der Waals surface area contributed by atoms with Gasteiger partial charge in [-0.1, -0.05) is 6.07 Å². The van der Waals surface area contributed by atoms with E-state index in [1.165, 1.54) is 6.07 Å². The molecule has 0 amide bonds. The van der Waals surface area contributed by atoms with Crippen LogP contribution in [0.5, 0.6) is 0 Å². The van der Waals surface area contributed by atoms with Gasteiger partial charge in [0, 0.05) is 18.1 Å². The molecule has 0 saturated heterocycles. The molecule has 0 aliphatic heterocycles. The van der Waals surface area contributed by atoms with Crippen LogP contribution in [0.3, 0.4) is 0 Å². The molecule has 0 fully saturated rings. The van der Waals surface area contributed by atoms with E-state index in [9.17, 15) is 8.42 Å². The van der Waals surface area contributed by atoms with Crippen molar-refractivity contribution in [1.82, 2.24) is 9.97 Å². The van der Waals surface area contributed by atoms with Crippen molar-refractivity contribution < 1.29 is 8.42 Å². The molecule has 3 N–H and O–H groups in total. The van der Waals surface area contributed by atoms with E-state index in [0.717, 1.165) is 5.69 Å². The number of aryl methyl sites for hydroxylation is 1. The fourth-order valence-corrected chi connectivity index (χ4v) is 2.44. The van der Waals surface area contributed by atoms with Crippen LogP contribution in [0.2, 0.25) is 0 Å². The minimum atomic E-state index is -3.71. The third-order valence-corrected chi connectivity index (χ3v) is 3.64. The van der Waals surface area contributed by atoms with Crippen LogP contribution in [-0.4, -0.2) is 18.4 Å². The van der Waals surface area contributed by atoms with Gasteiger partial charge in [0.15, 0.2) is 0 Å². The molecule has 100 valence electrons. The van der Waals surface area contributed by atoms with Crippen LogP contribution >= 0.6 is 0 Å². The van der Waals surface area contributed by atoms with Crippen LogP contribution < -0.4 is 10.5 Å². The summed E-state index contributed by atoms with van der Waals surface area (Å²) in [6.45, 7) is 2.16. The summed E-state index contributed by atoms with van der Waals surface area (Å²) in [5, 5.41) is 8.23. The molecule has 0 bridgehead atoms.